The third kappa shape index (κ3) is 3.02. The van der Waals surface area contributed by atoms with Gasteiger partial charge in [-0.15, -0.1) is 0 Å². The maximum atomic E-state index is 11.3. The van der Waals surface area contributed by atoms with Crippen LogP contribution in [0, 0.1) is 11.3 Å². The van der Waals surface area contributed by atoms with Crippen LogP contribution in [0.2, 0.25) is 0 Å². The van der Waals surface area contributed by atoms with E-state index in [0.717, 1.165) is 12.8 Å². The molecule has 2 aliphatic rings. The predicted molar refractivity (Wildman–Crippen MR) is 69.8 cm³/mol. The van der Waals surface area contributed by atoms with E-state index in [9.17, 15) is 10.1 Å². The normalized spacial score (nSPS) is 24.6. The number of piperidine rings is 1. The largest absolute Gasteiger partial charge is 0.343 e. The number of amides is 1. The first kappa shape index (κ1) is 13.4. The van der Waals surface area contributed by atoms with E-state index in [1.165, 1.54) is 32.1 Å². The first-order valence-electron chi connectivity index (χ1n) is 7.10. The molecule has 0 unspecified atom stereocenters. The molecule has 1 aliphatic heterocycles. The maximum absolute atomic E-state index is 11.3. The van der Waals surface area contributed by atoms with Crippen LogP contribution < -0.4 is 5.32 Å². The SMILES string of the molecule is CC(=O)N1CCC(C#N)(NC2CCCCC2)CC1. The molecule has 18 heavy (non-hydrogen) atoms. The van der Waals surface area contributed by atoms with E-state index in [0.29, 0.717) is 19.1 Å². The van der Waals surface area contributed by atoms with Gasteiger partial charge in [0.05, 0.1) is 6.07 Å². The van der Waals surface area contributed by atoms with Crippen molar-refractivity contribution in [2.24, 2.45) is 0 Å². The highest BCUT2D eigenvalue weighted by Crippen LogP contribution is 2.26. The predicted octanol–water partition coefficient (Wildman–Crippen LogP) is 1.81. The molecular weight excluding hydrogens is 226 g/mol. The van der Waals surface area contributed by atoms with Crippen LogP contribution in [0.3, 0.4) is 0 Å². The van der Waals surface area contributed by atoms with Crippen molar-refractivity contribution < 1.29 is 4.79 Å². The Hall–Kier alpha value is -1.08. The minimum absolute atomic E-state index is 0.124. The summed E-state index contributed by atoms with van der Waals surface area (Å²) in [6.07, 6.45) is 7.80. The summed E-state index contributed by atoms with van der Waals surface area (Å²) in [5.41, 5.74) is -0.395. The lowest BCUT2D eigenvalue weighted by Crippen LogP contribution is -2.56. The maximum Gasteiger partial charge on any atom is 0.219 e. The van der Waals surface area contributed by atoms with E-state index in [4.69, 9.17) is 0 Å². The number of hydrogen-bond acceptors (Lipinski definition) is 3. The van der Waals surface area contributed by atoms with Crippen LogP contribution in [0.25, 0.3) is 0 Å². The molecular formula is C14H23N3O. The van der Waals surface area contributed by atoms with Crippen LogP contribution >= 0.6 is 0 Å². The average molecular weight is 249 g/mol. The van der Waals surface area contributed by atoms with E-state index >= 15 is 0 Å². The van der Waals surface area contributed by atoms with E-state index < -0.39 is 5.54 Å². The van der Waals surface area contributed by atoms with E-state index in [-0.39, 0.29) is 5.91 Å². The van der Waals surface area contributed by atoms with Crippen molar-refractivity contribution in [1.29, 1.82) is 5.26 Å². The zero-order chi connectivity index (χ0) is 13.0. The third-order valence-corrected chi connectivity index (χ3v) is 4.36. The van der Waals surface area contributed by atoms with Crippen LogP contribution in [0.1, 0.15) is 51.9 Å². The fraction of sp³-hybridized carbons (Fsp3) is 0.857. The van der Waals surface area contributed by atoms with E-state index in [1.54, 1.807) is 6.92 Å². The van der Waals surface area contributed by atoms with Gasteiger partial charge < -0.3 is 4.90 Å². The highest BCUT2D eigenvalue weighted by molar-refractivity contribution is 5.73. The second-order valence-corrected chi connectivity index (χ2v) is 5.68. The molecule has 1 saturated heterocycles. The second kappa shape index (κ2) is 5.71. The summed E-state index contributed by atoms with van der Waals surface area (Å²) in [7, 11) is 0. The fourth-order valence-corrected chi connectivity index (χ4v) is 3.13. The molecule has 100 valence electrons. The summed E-state index contributed by atoms with van der Waals surface area (Å²) in [6, 6.07) is 2.98. The van der Waals surface area contributed by atoms with Crippen LogP contribution in [0.15, 0.2) is 0 Å². The first-order valence-corrected chi connectivity index (χ1v) is 7.10. The fourth-order valence-electron chi connectivity index (χ4n) is 3.13. The Bertz CT molecular complexity index is 333. The van der Waals surface area contributed by atoms with Crippen molar-refractivity contribution in [1.82, 2.24) is 10.2 Å². The topological polar surface area (TPSA) is 56.1 Å². The van der Waals surface area contributed by atoms with Gasteiger partial charge in [-0.2, -0.15) is 5.26 Å². The van der Waals surface area contributed by atoms with E-state index in [1.807, 2.05) is 4.90 Å². The Kier molecular flexibility index (Phi) is 4.23. The number of nitrogens with one attached hydrogen (secondary N) is 1. The average Bonchev–Trinajstić information content (AvgIpc) is 2.40. The lowest BCUT2D eigenvalue weighted by Gasteiger charge is -2.40. The van der Waals surface area contributed by atoms with Gasteiger partial charge >= 0.3 is 0 Å². The molecule has 0 bridgehead atoms. The molecule has 1 N–H and O–H groups in total. The van der Waals surface area contributed by atoms with Gasteiger partial charge in [0, 0.05) is 26.1 Å². The number of carbonyl (C=O) groups excluding carboxylic acids is 1. The number of likely N-dealkylation sites (tertiary alicyclic amines) is 1. The van der Waals surface area contributed by atoms with Crippen molar-refractivity contribution >= 4 is 5.91 Å². The molecule has 0 aromatic rings. The quantitative estimate of drug-likeness (QED) is 0.812. The Morgan fingerprint density at radius 3 is 2.39 bits per heavy atom. The first-order chi connectivity index (χ1) is 8.65. The molecule has 4 nitrogen and oxygen atoms in total. The molecule has 1 heterocycles. The lowest BCUT2D eigenvalue weighted by atomic mass is 9.85. The van der Waals surface area contributed by atoms with Crippen LogP contribution in [-0.2, 0) is 4.79 Å². The number of nitriles is 1. The zero-order valence-electron chi connectivity index (χ0n) is 11.2. The number of nitrogens with zero attached hydrogens (tertiary/aromatic N) is 2. The summed E-state index contributed by atoms with van der Waals surface area (Å²) >= 11 is 0. The molecule has 0 aromatic heterocycles. The number of carbonyl (C=O) groups is 1. The molecule has 0 aromatic carbocycles. The van der Waals surface area contributed by atoms with Gasteiger partial charge in [0.2, 0.25) is 5.91 Å². The standard InChI is InChI=1S/C14H23N3O/c1-12(18)17-9-7-14(11-15,8-10-17)16-13-5-3-2-4-6-13/h13,16H,2-10H2,1H3. The van der Waals surface area contributed by atoms with Gasteiger partial charge in [0.1, 0.15) is 5.54 Å². The summed E-state index contributed by atoms with van der Waals surface area (Å²) < 4.78 is 0. The highest BCUT2D eigenvalue weighted by Gasteiger charge is 2.37. The summed E-state index contributed by atoms with van der Waals surface area (Å²) in [6.45, 7) is 3.03. The minimum Gasteiger partial charge on any atom is -0.343 e. The van der Waals surface area contributed by atoms with Crippen molar-refractivity contribution in [3.8, 4) is 6.07 Å². The lowest BCUT2D eigenvalue weighted by molar-refractivity contribution is -0.130. The van der Waals surface area contributed by atoms with Gasteiger partial charge in [-0.25, -0.2) is 0 Å². The molecule has 1 amide bonds. The summed E-state index contributed by atoms with van der Waals surface area (Å²) in [4.78, 5) is 13.2. The molecule has 0 spiro atoms. The van der Waals surface area contributed by atoms with Gasteiger partial charge in [0.25, 0.3) is 0 Å². The molecule has 1 aliphatic carbocycles. The molecule has 1 saturated carbocycles. The number of hydrogen-bond donors (Lipinski definition) is 1. The summed E-state index contributed by atoms with van der Waals surface area (Å²) in [5.74, 6) is 0.124. The van der Waals surface area contributed by atoms with Crippen LogP contribution in [-0.4, -0.2) is 35.5 Å². The van der Waals surface area contributed by atoms with Crippen LogP contribution in [0.4, 0.5) is 0 Å². The van der Waals surface area contributed by atoms with Crippen molar-refractivity contribution in [3.63, 3.8) is 0 Å². The second-order valence-electron chi connectivity index (χ2n) is 5.68. The highest BCUT2D eigenvalue weighted by atomic mass is 16.2. The Morgan fingerprint density at radius 2 is 1.89 bits per heavy atom. The van der Waals surface area contributed by atoms with Crippen molar-refractivity contribution in [2.45, 2.75) is 63.5 Å². The van der Waals surface area contributed by atoms with Gasteiger partial charge in [-0.05, 0) is 25.7 Å². The molecule has 0 atom stereocenters. The number of rotatable bonds is 2. The Labute approximate surface area is 109 Å². The minimum atomic E-state index is -0.395. The zero-order valence-corrected chi connectivity index (χ0v) is 11.2. The van der Waals surface area contributed by atoms with Crippen molar-refractivity contribution in [2.75, 3.05) is 13.1 Å². The van der Waals surface area contributed by atoms with Crippen LogP contribution in [0.5, 0.6) is 0 Å². The van der Waals surface area contributed by atoms with Crippen molar-refractivity contribution in [3.05, 3.63) is 0 Å². The third-order valence-electron chi connectivity index (χ3n) is 4.36. The van der Waals surface area contributed by atoms with Gasteiger partial charge in [-0.3, -0.25) is 10.1 Å². The Balaban J connectivity index is 1.91. The summed E-state index contributed by atoms with van der Waals surface area (Å²) in [5, 5.41) is 13.1. The monoisotopic (exact) mass is 249 g/mol. The molecule has 2 rings (SSSR count). The van der Waals surface area contributed by atoms with Gasteiger partial charge in [0.15, 0.2) is 0 Å². The molecule has 2 fully saturated rings. The van der Waals surface area contributed by atoms with Gasteiger partial charge in [-0.1, -0.05) is 19.3 Å². The Morgan fingerprint density at radius 1 is 1.28 bits per heavy atom. The molecule has 0 radical (unpaired) electrons. The van der Waals surface area contributed by atoms with E-state index in [2.05, 4.69) is 11.4 Å². The molecule has 4 heteroatoms. The smallest absolute Gasteiger partial charge is 0.219 e.